The van der Waals surface area contributed by atoms with Crippen molar-refractivity contribution in [1.29, 1.82) is 0 Å². The number of hydrogen-bond acceptors (Lipinski definition) is 4. The van der Waals surface area contributed by atoms with E-state index in [9.17, 15) is 4.79 Å². The maximum absolute atomic E-state index is 12.2. The number of amides is 1. The molecule has 0 aliphatic rings. The second-order valence-corrected chi connectivity index (χ2v) is 5.61. The van der Waals surface area contributed by atoms with Gasteiger partial charge in [0.15, 0.2) is 0 Å². The average Bonchev–Trinajstić information content (AvgIpc) is 2.40. The fraction of sp³-hybridized carbons (Fsp3) is 0.500. The highest BCUT2D eigenvalue weighted by Gasteiger charge is 2.27. The second-order valence-electron chi connectivity index (χ2n) is 4.82. The molecule has 0 heterocycles. The summed E-state index contributed by atoms with van der Waals surface area (Å²) in [5.41, 5.74) is 5.69. The lowest BCUT2D eigenvalue weighted by Gasteiger charge is -2.23. The molecule has 0 radical (unpaired) electrons. The predicted octanol–water partition coefficient (Wildman–Crippen LogP) is 2.92. The van der Waals surface area contributed by atoms with E-state index in [-0.39, 0.29) is 5.91 Å². The van der Waals surface area contributed by atoms with E-state index in [1.54, 1.807) is 33.3 Å². The first-order valence-corrected chi connectivity index (χ1v) is 7.16. The molecule has 0 aliphatic heterocycles. The van der Waals surface area contributed by atoms with E-state index in [1.165, 1.54) is 0 Å². The van der Waals surface area contributed by atoms with Gasteiger partial charge in [0.1, 0.15) is 16.0 Å². The van der Waals surface area contributed by atoms with Crippen LogP contribution >= 0.6 is 15.9 Å². The molecule has 1 rings (SSSR count). The van der Waals surface area contributed by atoms with Crippen molar-refractivity contribution in [2.24, 2.45) is 5.73 Å². The number of anilines is 1. The van der Waals surface area contributed by atoms with E-state index in [2.05, 4.69) is 21.2 Å². The van der Waals surface area contributed by atoms with Crippen molar-refractivity contribution in [2.75, 3.05) is 19.5 Å². The molecule has 0 aliphatic carbocycles. The molecule has 0 spiro atoms. The standard InChI is InChI=1S/C14H21BrN2O3/c1-5-6-14(2,16)13(18)17-9-7-10(19-3)12(15)11(8-9)20-4/h7-8H,5-6,16H2,1-4H3,(H,17,18). The van der Waals surface area contributed by atoms with Crippen LogP contribution < -0.4 is 20.5 Å². The third-order valence-electron chi connectivity index (χ3n) is 2.99. The van der Waals surface area contributed by atoms with Crippen LogP contribution in [0.4, 0.5) is 5.69 Å². The summed E-state index contributed by atoms with van der Waals surface area (Å²) in [6.45, 7) is 3.71. The first-order valence-electron chi connectivity index (χ1n) is 6.37. The minimum absolute atomic E-state index is 0.231. The van der Waals surface area contributed by atoms with E-state index in [1.807, 2.05) is 6.92 Å². The van der Waals surface area contributed by atoms with Crippen LogP contribution in [0.2, 0.25) is 0 Å². The van der Waals surface area contributed by atoms with Gasteiger partial charge in [-0.1, -0.05) is 13.3 Å². The molecular formula is C14H21BrN2O3. The molecule has 5 nitrogen and oxygen atoms in total. The number of nitrogens with two attached hydrogens (primary N) is 1. The largest absolute Gasteiger partial charge is 0.495 e. The molecule has 0 aromatic heterocycles. The van der Waals surface area contributed by atoms with Crippen LogP contribution in [0.25, 0.3) is 0 Å². The zero-order chi connectivity index (χ0) is 15.3. The maximum atomic E-state index is 12.2. The van der Waals surface area contributed by atoms with E-state index in [0.717, 1.165) is 6.42 Å². The Balaban J connectivity index is 3.01. The molecule has 0 saturated carbocycles. The molecule has 1 aromatic carbocycles. The van der Waals surface area contributed by atoms with Crippen molar-refractivity contribution in [2.45, 2.75) is 32.2 Å². The van der Waals surface area contributed by atoms with Crippen LogP contribution in [0.1, 0.15) is 26.7 Å². The molecule has 0 bridgehead atoms. The Bertz CT molecular complexity index is 464. The number of halogens is 1. The Labute approximate surface area is 127 Å². The molecule has 0 saturated heterocycles. The summed E-state index contributed by atoms with van der Waals surface area (Å²) in [5, 5.41) is 2.80. The minimum atomic E-state index is -0.901. The molecule has 1 amide bonds. The van der Waals surface area contributed by atoms with E-state index < -0.39 is 5.54 Å². The smallest absolute Gasteiger partial charge is 0.244 e. The van der Waals surface area contributed by atoms with Gasteiger partial charge in [0.2, 0.25) is 5.91 Å². The van der Waals surface area contributed by atoms with Crippen molar-refractivity contribution < 1.29 is 14.3 Å². The number of benzene rings is 1. The lowest BCUT2D eigenvalue weighted by Crippen LogP contribution is -2.48. The zero-order valence-electron chi connectivity index (χ0n) is 12.2. The van der Waals surface area contributed by atoms with Crippen LogP contribution in [0.15, 0.2) is 16.6 Å². The fourth-order valence-corrected chi connectivity index (χ4v) is 2.40. The first-order chi connectivity index (χ1) is 9.35. The van der Waals surface area contributed by atoms with Crippen LogP contribution in [-0.4, -0.2) is 25.7 Å². The minimum Gasteiger partial charge on any atom is -0.495 e. The summed E-state index contributed by atoms with van der Waals surface area (Å²) >= 11 is 3.38. The molecule has 1 aromatic rings. The van der Waals surface area contributed by atoms with Gasteiger partial charge in [-0.15, -0.1) is 0 Å². The first kappa shape index (κ1) is 16.8. The van der Waals surface area contributed by atoms with Gasteiger partial charge in [0.05, 0.1) is 19.8 Å². The molecule has 0 fully saturated rings. The summed E-state index contributed by atoms with van der Waals surface area (Å²) in [5.74, 6) is 0.925. The lowest BCUT2D eigenvalue weighted by atomic mass is 9.96. The Hall–Kier alpha value is -1.27. The Morgan fingerprint density at radius 1 is 1.35 bits per heavy atom. The summed E-state index contributed by atoms with van der Waals surface area (Å²) in [4.78, 5) is 12.2. The number of methoxy groups -OCH3 is 2. The SMILES string of the molecule is CCCC(C)(N)C(=O)Nc1cc(OC)c(Br)c(OC)c1. The van der Waals surface area contributed by atoms with Crippen LogP contribution in [0.5, 0.6) is 11.5 Å². The molecule has 1 unspecified atom stereocenters. The summed E-state index contributed by atoms with van der Waals surface area (Å²) in [7, 11) is 3.10. The van der Waals surface area contributed by atoms with Crippen molar-refractivity contribution in [1.82, 2.24) is 0 Å². The van der Waals surface area contributed by atoms with Crippen LogP contribution in [0, 0.1) is 0 Å². The van der Waals surface area contributed by atoms with Gasteiger partial charge < -0.3 is 20.5 Å². The number of carbonyl (C=O) groups is 1. The van der Waals surface area contributed by atoms with Gasteiger partial charge in [-0.05, 0) is 29.3 Å². The van der Waals surface area contributed by atoms with Crippen molar-refractivity contribution in [3.05, 3.63) is 16.6 Å². The van der Waals surface area contributed by atoms with E-state index in [0.29, 0.717) is 28.1 Å². The van der Waals surface area contributed by atoms with Crippen LogP contribution in [0.3, 0.4) is 0 Å². The Morgan fingerprint density at radius 3 is 2.25 bits per heavy atom. The quantitative estimate of drug-likeness (QED) is 0.831. The highest BCUT2D eigenvalue weighted by atomic mass is 79.9. The van der Waals surface area contributed by atoms with Gasteiger partial charge >= 0.3 is 0 Å². The van der Waals surface area contributed by atoms with Crippen molar-refractivity contribution in [3.63, 3.8) is 0 Å². The van der Waals surface area contributed by atoms with Gasteiger partial charge in [-0.3, -0.25) is 4.79 Å². The van der Waals surface area contributed by atoms with Gasteiger partial charge in [-0.2, -0.15) is 0 Å². The second kappa shape index (κ2) is 6.95. The monoisotopic (exact) mass is 344 g/mol. The maximum Gasteiger partial charge on any atom is 0.244 e. The van der Waals surface area contributed by atoms with Crippen molar-refractivity contribution >= 4 is 27.5 Å². The molecule has 112 valence electrons. The fourth-order valence-electron chi connectivity index (χ4n) is 1.85. The van der Waals surface area contributed by atoms with Gasteiger partial charge in [0, 0.05) is 17.8 Å². The topological polar surface area (TPSA) is 73.6 Å². The van der Waals surface area contributed by atoms with E-state index >= 15 is 0 Å². The summed E-state index contributed by atoms with van der Waals surface area (Å²) in [6, 6.07) is 3.43. The molecule has 3 N–H and O–H groups in total. The lowest BCUT2D eigenvalue weighted by molar-refractivity contribution is -0.120. The normalized spacial score (nSPS) is 13.5. The molecule has 6 heteroatoms. The number of hydrogen-bond donors (Lipinski definition) is 2. The highest BCUT2D eigenvalue weighted by molar-refractivity contribution is 9.10. The summed E-state index contributed by atoms with van der Waals surface area (Å²) < 4.78 is 11.2. The van der Waals surface area contributed by atoms with Gasteiger partial charge in [-0.25, -0.2) is 0 Å². The van der Waals surface area contributed by atoms with E-state index in [4.69, 9.17) is 15.2 Å². The molecular weight excluding hydrogens is 324 g/mol. The molecule has 1 atom stereocenters. The van der Waals surface area contributed by atoms with Gasteiger partial charge in [0.25, 0.3) is 0 Å². The van der Waals surface area contributed by atoms with Crippen molar-refractivity contribution in [3.8, 4) is 11.5 Å². The number of rotatable bonds is 6. The Kier molecular flexibility index (Phi) is 5.83. The zero-order valence-corrected chi connectivity index (χ0v) is 13.8. The number of nitrogens with one attached hydrogen (secondary N) is 1. The summed E-state index contributed by atoms with van der Waals surface area (Å²) in [6.07, 6.45) is 1.46. The predicted molar refractivity (Wildman–Crippen MR) is 83.4 cm³/mol. The number of ether oxygens (including phenoxy) is 2. The van der Waals surface area contributed by atoms with Crippen LogP contribution in [-0.2, 0) is 4.79 Å². The molecule has 20 heavy (non-hydrogen) atoms. The highest BCUT2D eigenvalue weighted by Crippen LogP contribution is 2.37. The third-order valence-corrected chi connectivity index (χ3v) is 3.77. The Morgan fingerprint density at radius 2 is 1.85 bits per heavy atom. The average molecular weight is 345 g/mol. The number of carbonyl (C=O) groups excluding carboxylic acids is 1. The third kappa shape index (κ3) is 3.86.